The Morgan fingerprint density at radius 1 is 1.05 bits per heavy atom. The molecule has 2 heterocycles. The maximum atomic E-state index is 12.7. The fourth-order valence-electron chi connectivity index (χ4n) is 2.27. The number of nitrogens with two attached hydrogens (primary N) is 1. The molecule has 1 aromatic carbocycles. The second-order valence-electron chi connectivity index (χ2n) is 4.60. The lowest BCUT2D eigenvalue weighted by Crippen LogP contribution is -2.35. The van der Waals surface area contributed by atoms with Crippen LogP contribution in [0.15, 0.2) is 24.3 Å². The van der Waals surface area contributed by atoms with Gasteiger partial charge in [-0.3, -0.25) is 0 Å². The van der Waals surface area contributed by atoms with Crippen molar-refractivity contribution in [3.05, 3.63) is 35.9 Å². The summed E-state index contributed by atoms with van der Waals surface area (Å²) in [5.74, 6) is -0.607. The predicted molar refractivity (Wildman–Crippen MR) is 66.9 cm³/mol. The minimum atomic E-state index is -4.46. The van der Waals surface area contributed by atoms with Crippen LogP contribution in [0.3, 0.4) is 0 Å². The van der Waals surface area contributed by atoms with Gasteiger partial charge in [0.2, 0.25) is 5.82 Å². The van der Waals surface area contributed by atoms with Gasteiger partial charge in [-0.1, -0.05) is 0 Å². The number of halogens is 3. The topological polar surface area (TPSA) is 60.0 Å². The lowest BCUT2D eigenvalue weighted by atomic mass is 10.2. The van der Waals surface area contributed by atoms with E-state index < -0.39 is 12.0 Å². The molecule has 0 aliphatic carbocycles. The number of anilines is 2. The summed E-state index contributed by atoms with van der Waals surface area (Å²) in [6.07, 6.45) is -4.46. The third-order valence-corrected chi connectivity index (χ3v) is 3.26. The molecule has 0 fully saturated rings. The summed E-state index contributed by atoms with van der Waals surface area (Å²) in [6.45, 7) is 0.979. The van der Waals surface area contributed by atoms with Crippen LogP contribution in [0.4, 0.5) is 24.5 Å². The highest BCUT2D eigenvalue weighted by atomic mass is 19.4. The number of aromatic nitrogens is 3. The molecule has 0 spiro atoms. The van der Waals surface area contributed by atoms with Crippen molar-refractivity contribution >= 4 is 11.4 Å². The fraction of sp³-hybridized carbons (Fsp3) is 0.333. The highest BCUT2D eigenvalue weighted by Crippen LogP contribution is 2.30. The highest BCUT2D eigenvalue weighted by molar-refractivity contribution is 5.53. The van der Waals surface area contributed by atoms with E-state index in [1.807, 2.05) is 17.0 Å². The van der Waals surface area contributed by atoms with Gasteiger partial charge < -0.3 is 15.2 Å². The summed E-state index contributed by atoms with van der Waals surface area (Å²) in [5, 5.41) is 6.90. The average molecular weight is 283 g/mol. The average Bonchev–Trinajstić information content (AvgIpc) is 2.82. The SMILES string of the molecule is Nc1ccc(N2CCn3c(nnc3C(F)(F)F)C2)cc1. The molecule has 5 nitrogen and oxygen atoms in total. The summed E-state index contributed by atoms with van der Waals surface area (Å²) in [5.41, 5.74) is 7.17. The van der Waals surface area contributed by atoms with E-state index in [1.165, 1.54) is 0 Å². The molecule has 0 amide bonds. The molecule has 8 heteroatoms. The van der Waals surface area contributed by atoms with E-state index in [9.17, 15) is 13.2 Å². The summed E-state index contributed by atoms with van der Waals surface area (Å²) < 4.78 is 39.3. The van der Waals surface area contributed by atoms with E-state index in [4.69, 9.17) is 5.73 Å². The lowest BCUT2D eigenvalue weighted by molar-refractivity contribution is -0.147. The van der Waals surface area contributed by atoms with Crippen LogP contribution in [0.1, 0.15) is 11.6 Å². The molecule has 2 aromatic rings. The summed E-state index contributed by atoms with van der Waals surface area (Å²) in [4.78, 5) is 1.95. The zero-order valence-corrected chi connectivity index (χ0v) is 10.4. The zero-order chi connectivity index (χ0) is 14.3. The molecule has 0 saturated carbocycles. The van der Waals surface area contributed by atoms with Crippen LogP contribution in [0.25, 0.3) is 0 Å². The maximum absolute atomic E-state index is 12.7. The van der Waals surface area contributed by atoms with E-state index in [0.29, 0.717) is 24.6 Å². The molecule has 1 aliphatic rings. The molecule has 0 saturated heterocycles. The number of nitrogen functional groups attached to an aromatic ring is 1. The Balaban J connectivity index is 1.86. The number of alkyl halides is 3. The molecule has 1 aliphatic heterocycles. The Hall–Kier alpha value is -2.25. The summed E-state index contributed by atoms with van der Waals surface area (Å²) in [6, 6.07) is 7.20. The summed E-state index contributed by atoms with van der Waals surface area (Å²) >= 11 is 0. The van der Waals surface area contributed by atoms with E-state index in [1.54, 1.807) is 12.1 Å². The number of benzene rings is 1. The molecule has 0 bridgehead atoms. The van der Waals surface area contributed by atoms with Crippen LogP contribution in [-0.4, -0.2) is 21.3 Å². The molecular weight excluding hydrogens is 271 g/mol. The first kappa shape index (κ1) is 12.8. The first-order valence-electron chi connectivity index (χ1n) is 6.05. The largest absolute Gasteiger partial charge is 0.451 e. The first-order valence-corrected chi connectivity index (χ1v) is 6.05. The van der Waals surface area contributed by atoms with Gasteiger partial charge in [0.15, 0.2) is 5.82 Å². The number of hydrogen-bond donors (Lipinski definition) is 1. The van der Waals surface area contributed by atoms with Gasteiger partial charge >= 0.3 is 6.18 Å². The van der Waals surface area contributed by atoms with Gasteiger partial charge in [-0.15, -0.1) is 10.2 Å². The van der Waals surface area contributed by atoms with E-state index in [2.05, 4.69) is 10.2 Å². The van der Waals surface area contributed by atoms with Crippen LogP contribution in [0, 0.1) is 0 Å². The van der Waals surface area contributed by atoms with Crippen LogP contribution < -0.4 is 10.6 Å². The van der Waals surface area contributed by atoms with Crippen molar-refractivity contribution < 1.29 is 13.2 Å². The Labute approximate surface area is 112 Å². The lowest BCUT2D eigenvalue weighted by Gasteiger charge is -2.29. The third kappa shape index (κ3) is 2.17. The smallest absolute Gasteiger partial charge is 0.399 e. The Morgan fingerprint density at radius 3 is 2.40 bits per heavy atom. The molecule has 2 N–H and O–H groups in total. The second-order valence-corrected chi connectivity index (χ2v) is 4.60. The van der Waals surface area contributed by atoms with Gasteiger partial charge in [0, 0.05) is 24.5 Å². The van der Waals surface area contributed by atoms with Gasteiger partial charge in [0.1, 0.15) is 0 Å². The fourth-order valence-corrected chi connectivity index (χ4v) is 2.27. The number of rotatable bonds is 1. The first-order chi connectivity index (χ1) is 9.45. The Morgan fingerprint density at radius 2 is 1.75 bits per heavy atom. The minimum Gasteiger partial charge on any atom is -0.399 e. The molecule has 0 unspecified atom stereocenters. The molecule has 106 valence electrons. The number of fused-ring (bicyclic) bond motifs is 1. The normalized spacial score (nSPS) is 15.2. The van der Waals surface area contributed by atoms with Crippen LogP contribution >= 0.6 is 0 Å². The van der Waals surface area contributed by atoms with Crippen molar-refractivity contribution in [1.82, 2.24) is 14.8 Å². The molecule has 20 heavy (non-hydrogen) atoms. The van der Waals surface area contributed by atoms with Crippen LogP contribution in [0.2, 0.25) is 0 Å². The van der Waals surface area contributed by atoms with Crippen LogP contribution in [0.5, 0.6) is 0 Å². The minimum absolute atomic E-state index is 0.210. The Bertz CT molecular complexity index is 617. The monoisotopic (exact) mass is 283 g/mol. The highest BCUT2D eigenvalue weighted by Gasteiger charge is 2.39. The Kier molecular flexibility index (Phi) is 2.81. The molecule has 1 aromatic heterocycles. The van der Waals surface area contributed by atoms with Crippen molar-refractivity contribution in [1.29, 1.82) is 0 Å². The number of nitrogens with zero attached hydrogens (tertiary/aromatic N) is 4. The van der Waals surface area contributed by atoms with Crippen molar-refractivity contribution in [2.24, 2.45) is 0 Å². The molecule has 0 atom stereocenters. The second kappa shape index (κ2) is 4.39. The predicted octanol–water partition coefficient (Wildman–Crippen LogP) is 1.90. The van der Waals surface area contributed by atoms with E-state index >= 15 is 0 Å². The molecule has 3 rings (SSSR count). The maximum Gasteiger partial charge on any atom is 0.451 e. The van der Waals surface area contributed by atoms with Crippen molar-refractivity contribution in [2.75, 3.05) is 17.2 Å². The molecule has 0 radical (unpaired) electrons. The van der Waals surface area contributed by atoms with Crippen molar-refractivity contribution in [3.63, 3.8) is 0 Å². The van der Waals surface area contributed by atoms with Crippen molar-refractivity contribution in [3.8, 4) is 0 Å². The zero-order valence-electron chi connectivity index (χ0n) is 10.4. The van der Waals surface area contributed by atoms with Crippen molar-refractivity contribution in [2.45, 2.75) is 19.3 Å². The standard InChI is InChI=1S/C12H12F3N5/c13-12(14,15)11-18-17-10-7-19(5-6-20(10)11)9-3-1-8(16)2-4-9/h1-4H,5-7,16H2. The number of hydrogen-bond acceptors (Lipinski definition) is 4. The summed E-state index contributed by atoms with van der Waals surface area (Å²) in [7, 11) is 0. The quantitative estimate of drug-likeness (QED) is 0.812. The third-order valence-electron chi connectivity index (χ3n) is 3.26. The van der Waals surface area contributed by atoms with Crippen LogP contribution in [-0.2, 0) is 19.3 Å². The van der Waals surface area contributed by atoms with Gasteiger partial charge in [0.05, 0.1) is 6.54 Å². The van der Waals surface area contributed by atoms with Gasteiger partial charge in [-0.25, -0.2) is 0 Å². The van der Waals surface area contributed by atoms with E-state index in [0.717, 1.165) is 10.3 Å². The molecular formula is C12H12F3N5. The van der Waals surface area contributed by atoms with E-state index in [-0.39, 0.29) is 6.54 Å². The van der Waals surface area contributed by atoms with Gasteiger partial charge in [-0.05, 0) is 24.3 Å². The van der Waals surface area contributed by atoms with Gasteiger partial charge in [-0.2, -0.15) is 13.2 Å². The van der Waals surface area contributed by atoms with Gasteiger partial charge in [0.25, 0.3) is 0 Å².